The highest BCUT2D eigenvalue weighted by atomic mass is 16.6. The van der Waals surface area contributed by atoms with E-state index in [1.165, 1.54) is 29.3 Å². The quantitative estimate of drug-likeness (QED) is 0.462. The molecule has 1 aromatic heterocycles. The first-order valence-corrected chi connectivity index (χ1v) is 5.55. The number of amides is 1. The number of nitro benzene ring substituents is 1. The molecule has 7 heteroatoms. The summed E-state index contributed by atoms with van der Waals surface area (Å²) in [7, 11) is 3.48. The number of imidazole rings is 1. The third-order valence-electron chi connectivity index (χ3n) is 2.72. The zero-order valence-corrected chi connectivity index (χ0v) is 10.6. The van der Waals surface area contributed by atoms with Gasteiger partial charge in [-0.3, -0.25) is 14.9 Å². The SMILES string of the molecule is CN(C(=O)c1ccc([N+](=O)[O-])cc1)n1cc[n+](C)c1. The van der Waals surface area contributed by atoms with Gasteiger partial charge in [-0.2, -0.15) is 5.01 Å². The minimum Gasteiger partial charge on any atom is -0.265 e. The summed E-state index contributed by atoms with van der Waals surface area (Å²) in [5.74, 6) is -0.244. The van der Waals surface area contributed by atoms with Crippen molar-refractivity contribution in [1.82, 2.24) is 4.68 Å². The normalized spacial score (nSPS) is 10.2. The van der Waals surface area contributed by atoms with E-state index in [1.54, 1.807) is 35.0 Å². The molecule has 0 radical (unpaired) electrons. The fourth-order valence-corrected chi connectivity index (χ4v) is 1.63. The van der Waals surface area contributed by atoms with Crippen molar-refractivity contribution in [3.05, 3.63) is 58.7 Å². The van der Waals surface area contributed by atoms with Gasteiger partial charge in [-0.05, 0) is 12.1 Å². The molecule has 7 nitrogen and oxygen atoms in total. The van der Waals surface area contributed by atoms with Crippen LogP contribution in [0.4, 0.5) is 5.69 Å². The van der Waals surface area contributed by atoms with E-state index in [2.05, 4.69) is 0 Å². The molecule has 2 aromatic rings. The molecule has 0 aliphatic carbocycles. The number of nitro groups is 1. The number of aromatic nitrogens is 2. The summed E-state index contributed by atoms with van der Waals surface area (Å²) in [5.41, 5.74) is 0.357. The molecule has 98 valence electrons. The Bertz CT molecular complexity index is 618. The van der Waals surface area contributed by atoms with Crippen LogP contribution in [-0.2, 0) is 7.05 Å². The number of hydrogen-bond donors (Lipinski definition) is 0. The van der Waals surface area contributed by atoms with Gasteiger partial charge in [0.25, 0.3) is 17.9 Å². The van der Waals surface area contributed by atoms with Crippen LogP contribution in [0.15, 0.2) is 43.0 Å². The Morgan fingerprint density at radius 2 is 2.00 bits per heavy atom. The first-order chi connectivity index (χ1) is 8.99. The second-order valence-corrected chi connectivity index (χ2v) is 4.09. The Hall–Kier alpha value is -2.70. The summed E-state index contributed by atoms with van der Waals surface area (Å²) >= 11 is 0. The molecule has 0 unspecified atom stereocenters. The smallest absolute Gasteiger partial charge is 0.265 e. The van der Waals surface area contributed by atoms with E-state index in [0.717, 1.165) is 0 Å². The van der Waals surface area contributed by atoms with Crippen molar-refractivity contribution in [3.8, 4) is 0 Å². The molecule has 0 aliphatic rings. The maximum Gasteiger partial charge on any atom is 0.288 e. The van der Waals surface area contributed by atoms with Gasteiger partial charge in [-0.25, -0.2) is 4.57 Å². The van der Waals surface area contributed by atoms with E-state index in [0.29, 0.717) is 5.56 Å². The van der Waals surface area contributed by atoms with Gasteiger partial charge in [0, 0.05) is 17.7 Å². The van der Waals surface area contributed by atoms with Crippen LogP contribution in [-0.4, -0.2) is 22.6 Å². The van der Waals surface area contributed by atoms with Gasteiger partial charge in [0.15, 0.2) is 6.20 Å². The number of benzene rings is 1. The molecule has 1 heterocycles. The predicted octanol–water partition coefficient (Wildman–Crippen LogP) is 0.629. The van der Waals surface area contributed by atoms with Crippen molar-refractivity contribution in [1.29, 1.82) is 0 Å². The molecule has 0 saturated heterocycles. The van der Waals surface area contributed by atoms with Crippen LogP contribution in [0.5, 0.6) is 0 Å². The Labute approximate surface area is 109 Å². The number of hydrogen-bond acceptors (Lipinski definition) is 3. The third-order valence-corrected chi connectivity index (χ3v) is 2.72. The molecule has 2 rings (SSSR count). The molecule has 0 bridgehead atoms. The summed E-state index contributed by atoms with van der Waals surface area (Å²) in [6.45, 7) is 0. The number of aryl methyl sites for hydroxylation is 1. The molecule has 0 saturated carbocycles. The Morgan fingerprint density at radius 1 is 1.37 bits per heavy atom. The van der Waals surface area contributed by atoms with E-state index >= 15 is 0 Å². The van der Waals surface area contributed by atoms with Crippen molar-refractivity contribution < 1.29 is 14.3 Å². The topological polar surface area (TPSA) is 72.3 Å². The summed E-state index contributed by atoms with van der Waals surface area (Å²) in [6, 6.07) is 5.52. The van der Waals surface area contributed by atoms with Gasteiger partial charge in [0.05, 0.1) is 19.0 Å². The van der Waals surface area contributed by atoms with Crippen LogP contribution in [0.3, 0.4) is 0 Å². The lowest BCUT2D eigenvalue weighted by molar-refractivity contribution is -0.671. The van der Waals surface area contributed by atoms with E-state index in [9.17, 15) is 14.9 Å². The minimum atomic E-state index is -0.496. The van der Waals surface area contributed by atoms with Gasteiger partial charge in [0.2, 0.25) is 0 Å². The number of nitrogens with zero attached hydrogens (tertiary/aromatic N) is 4. The fraction of sp³-hybridized carbons (Fsp3) is 0.167. The van der Waals surface area contributed by atoms with E-state index < -0.39 is 4.92 Å². The number of carbonyl (C=O) groups excluding carboxylic acids is 1. The highest BCUT2D eigenvalue weighted by Crippen LogP contribution is 2.12. The molecule has 0 fully saturated rings. The zero-order valence-electron chi connectivity index (χ0n) is 10.6. The first kappa shape index (κ1) is 12.7. The Kier molecular flexibility index (Phi) is 3.28. The van der Waals surface area contributed by atoms with Gasteiger partial charge in [0.1, 0.15) is 6.20 Å². The molecule has 0 N–H and O–H groups in total. The van der Waals surface area contributed by atoms with Crippen molar-refractivity contribution in [2.24, 2.45) is 7.05 Å². The summed E-state index contributed by atoms with van der Waals surface area (Å²) in [4.78, 5) is 22.2. The van der Waals surface area contributed by atoms with Gasteiger partial charge in [-0.15, -0.1) is 4.68 Å². The third kappa shape index (κ3) is 2.59. The average molecular weight is 261 g/mol. The zero-order chi connectivity index (χ0) is 14.0. The van der Waals surface area contributed by atoms with Gasteiger partial charge < -0.3 is 0 Å². The lowest BCUT2D eigenvalue weighted by atomic mass is 10.2. The molecule has 0 spiro atoms. The molecule has 1 aromatic carbocycles. The largest absolute Gasteiger partial charge is 0.288 e. The maximum atomic E-state index is 12.2. The van der Waals surface area contributed by atoms with Crippen molar-refractivity contribution in [2.45, 2.75) is 0 Å². The van der Waals surface area contributed by atoms with Gasteiger partial charge in [-0.1, -0.05) is 0 Å². The summed E-state index contributed by atoms with van der Waals surface area (Å²) in [6.07, 6.45) is 5.28. The number of non-ortho nitro benzene ring substituents is 1. The second kappa shape index (κ2) is 4.89. The number of rotatable bonds is 3. The Balaban J connectivity index is 2.21. The molecule has 19 heavy (non-hydrogen) atoms. The average Bonchev–Trinajstić information content (AvgIpc) is 2.84. The van der Waals surface area contributed by atoms with Crippen molar-refractivity contribution in [2.75, 3.05) is 12.1 Å². The Morgan fingerprint density at radius 3 is 2.47 bits per heavy atom. The molecule has 0 atom stereocenters. The van der Waals surface area contributed by atoms with Crippen LogP contribution in [0.1, 0.15) is 10.4 Å². The number of carbonyl (C=O) groups is 1. The van der Waals surface area contributed by atoms with Crippen LogP contribution < -0.4 is 9.58 Å². The van der Waals surface area contributed by atoms with Crippen molar-refractivity contribution in [3.63, 3.8) is 0 Å². The highest BCUT2D eigenvalue weighted by molar-refractivity contribution is 6.01. The molecular weight excluding hydrogens is 248 g/mol. The van der Waals surface area contributed by atoms with E-state index in [-0.39, 0.29) is 11.6 Å². The minimum absolute atomic E-state index is 0.0356. The highest BCUT2D eigenvalue weighted by Gasteiger charge is 2.18. The van der Waals surface area contributed by atoms with Crippen LogP contribution in [0, 0.1) is 10.1 Å². The van der Waals surface area contributed by atoms with E-state index in [4.69, 9.17) is 0 Å². The monoisotopic (exact) mass is 261 g/mol. The standard InChI is InChI=1S/C12H13N4O3/c1-13-7-8-15(9-13)14(2)12(17)10-3-5-11(6-4-10)16(18)19/h3-9H,1-2H3/q+1. The summed E-state index contributed by atoms with van der Waals surface area (Å²) < 4.78 is 3.43. The second-order valence-electron chi connectivity index (χ2n) is 4.09. The first-order valence-electron chi connectivity index (χ1n) is 5.55. The lowest BCUT2D eigenvalue weighted by Gasteiger charge is -2.11. The van der Waals surface area contributed by atoms with Crippen LogP contribution in [0.25, 0.3) is 0 Å². The van der Waals surface area contributed by atoms with E-state index in [1.807, 2.05) is 7.05 Å². The van der Waals surface area contributed by atoms with Crippen LogP contribution >= 0.6 is 0 Å². The predicted molar refractivity (Wildman–Crippen MR) is 67.2 cm³/mol. The molecular formula is C12H13N4O3+. The summed E-state index contributed by atoms with van der Waals surface area (Å²) in [5, 5.41) is 12.0. The van der Waals surface area contributed by atoms with Gasteiger partial charge >= 0.3 is 0 Å². The van der Waals surface area contributed by atoms with Crippen molar-refractivity contribution >= 4 is 11.6 Å². The van der Waals surface area contributed by atoms with Crippen LogP contribution in [0.2, 0.25) is 0 Å². The fourth-order valence-electron chi connectivity index (χ4n) is 1.63. The maximum absolute atomic E-state index is 12.2. The molecule has 0 aliphatic heterocycles. The molecule has 1 amide bonds. The lowest BCUT2D eigenvalue weighted by Crippen LogP contribution is -2.37.